The third-order valence-corrected chi connectivity index (χ3v) is 3.02. The second-order valence-electron chi connectivity index (χ2n) is 4.48. The molecule has 1 aromatic heterocycles. The fourth-order valence-corrected chi connectivity index (χ4v) is 1.86. The second-order valence-corrected chi connectivity index (χ2v) is 4.91. The zero-order valence-electron chi connectivity index (χ0n) is 12.7. The maximum Gasteiger partial charge on any atom is 0.329 e. The number of hydrogen-bond donors (Lipinski definition) is 2. The van der Waals surface area contributed by atoms with Gasteiger partial charge in [0.2, 0.25) is 11.8 Å². The van der Waals surface area contributed by atoms with E-state index < -0.39 is 10.9 Å². The number of nitrogens with one attached hydrogen (secondary N) is 2. The summed E-state index contributed by atoms with van der Waals surface area (Å²) >= 11 is 5.80. The number of nitrogens with zero attached hydrogens (tertiary/aromatic N) is 3. The molecule has 2 aromatic rings. The molecular formula is C14H14ClN5O4. The third-order valence-electron chi connectivity index (χ3n) is 2.77. The van der Waals surface area contributed by atoms with E-state index >= 15 is 0 Å². The maximum atomic E-state index is 11.4. The molecule has 0 saturated heterocycles. The highest BCUT2D eigenvalue weighted by Crippen LogP contribution is 2.23. The first-order valence-corrected chi connectivity index (χ1v) is 7.31. The van der Waals surface area contributed by atoms with Gasteiger partial charge in [0.1, 0.15) is 12.7 Å². The Morgan fingerprint density at radius 3 is 2.71 bits per heavy atom. The molecule has 10 heteroatoms. The van der Waals surface area contributed by atoms with Gasteiger partial charge in [-0.2, -0.15) is 4.98 Å². The van der Waals surface area contributed by atoms with Gasteiger partial charge in [-0.3, -0.25) is 14.9 Å². The number of nitro groups is 1. The number of rotatable bonds is 7. The summed E-state index contributed by atoms with van der Waals surface area (Å²) < 4.78 is 4.76. The quantitative estimate of drug-likeness (QED) is 0.444. The van der Waals surface area contributed by atoms with Crippen LogP contribution in [0.15, 0.2) is 30.5 Å². The van der Waals surface area contributed by atoms with Crippen molar-refractivity contribution in [2.45, 2.75) is 6.92 Å². The lowest BCUT2D eigenvalue weighted by Gasteiger charge is -2.09. The number of anilines is 3. The lowest BCUT2D eigenvalue weighted by molar-refractivity contribution is -0.384. The van der Waals surface area contributed by atoms with Crippen LogP contribution in [-0.2, 0) is 9.53 Å². The molecule has 0 amide bonds. The lowest BCUT2D eigenvalue weighted by atomic mass is 10.3. The summed E-state index contributed by atoms with van der Waals surface area (Å²) in [7, 11) is 0. The highest BCUT2D eigenvalue weighted by atomic mass is 35.5. The Labute approximate surface area is 142 Å². The third kappa shape index (κ3) is 4.78. The van der Waals surface area contributed by atoms with Crippen molar-refractivity contribution in [3.8, 4) is 0 Å². The zero-order valence-corrected chi connectivity index (χ0v) is 13.4. The molecule has 126 valence electrons. The van der Waals surface area contributed by atoms with Crippen LogP contribution in [-0.4, -0.2) is 34.0 Å². The van der Waals surface area contributed by atoms with Crippen molar-refractivity contribution in [1.82, 2.24) is 9.97 Å². The lowest BCUT2D eigenvalue weighted by Crippen LogP contribution is -2.18. The van der Waals surface area contributed by atoms with Crippen molar-refractivity contribution in [3.63, 3.8) is 0 Å². The molecule has 1 aromatic carbocycles. The predicted molar refractivity (Wildman–Crippen MR) is 88.5 cm³/mol. The van der Waals surface area contributed by atoms with Crippen LogP contribution in [0.2, 0.25) is 5.02 Å². The van der Waals surface area contributed by atoms with E-state index in [4.69, 9.17) is 16.3 Å². The number of aromatic nitrogens is 2. The monoisotopic (exact) mass is 351 g/mol. The van der Waals surface area contributed by atoms with Crippen molar-refractivity contribution < 1.29 is 14.5 Å². The van der Waals surface area contributed by atoms with Gasteiger partial charge in [0, 0.05) is 10.7 Å². The average molecular weight is 352 g/mol. The summed E-state index contributed by atoms with van der Waals surface area (Å²) in [5.74, 6) is -0.494. The van der Waals surface area contributed by atoms with Gasteiger partial charge in [-0.25, -0.2) is 4.98 Å². The topological polar surface area (TPSA) is 119 Å². The number of halogens is 1. The molecule has 0 radical (unpaired) electrons. The highest BCUT2D eigenvalue weighted by molar-refractivity contribution is 6.30. The van der Waals surface area contributed by atoms with Crippen LogP contribution in [0.25, 0.3) is 0 Å². The van der Waals surface area contributed by atoms with E-state index in [9.17, 15) is 14.9 Å². The first kappa shape index (κ1) is 17.4. The van der Waals surface area contributed by atoms with Crippen molar-refractivity contribution in [2.24, 2.45) is 0 Å². The predicted octanol–water partition coefficient (Wildman–Crippen LogP) is 2.76. The molecule has 1 heterocycles. The Kier molecular flexibility index (Phi) is 5.85. The van der Waals surface area contributed by atoms with Gasteiger partial charge < -0.3 is 15.4 Å². The van der Waals surface area contributed by atoms with Crippen LogP contribution >= 0.6 is 11.6 Å². The van der Waals surface area contributed by atoms with Gasteiger partial charge in [-0.15, -0.1) is 0 Å². The summed E-state index contributed by atoms with van der Waals surface area (Å²) in [6.45, 7) is 1.64. The van der Waals surface area contributed by atoms with Crippen LogP contribution in [0, 0.1) is 10.1 Å². The number of hydrogen-bond acceptors (Lipinski definition) is 8. The van der Waals surface area contributed by atoms with Gasteiger partial charge in [-0.1, -0.05) is 11.6 Å². The summed E-state index contributed by atoms with van der Waals surface area (Å²) in [6.07, 6.45) is 1.05. The molecule has 0 fully saturated rings. The van der Waals surface area contributed by atoms with Gasteiger partial charge in [0.15, 0.2) is 0 Å². The molecule has 0 spiro atoms. The Morgan fingerprint density at radius 1 is 1.38 bits per heavy atom. The van der Waals surface area contributed by atoms with E-state index in [0.29, 0.717) is 10.7 Å². The molecule has 9 nitrogen and oxygen atoms in total. The van der Waals surface area contributed by atoms with E-state index in [2.05, 4.69) is 20.6 Å². The molecule has 0 aliphatic heterocycles. The molecule has 0 bridgehead atoms. The zero-order chi connectivity index (χ0) is 17.5. The SMILES string of the molecule is CCOC(=O)CNc1nc(Nc2ccc(Cl)cc2)ncc1[N+](=O)[O-]. The number of carbonyl (C=O) groups is 1. The number of benzene rings is 1. The number of esters is 1. The first-order valence-electron chi connectivity index (χ1n) is 6.93. The summed E-state index contributed by atoms with van der Waals surface area (Å²) in [5.41, 5.74) is 0.311. The molecule has 0 aliphatic carbocycles. The van der Waals surface area contributed by atoms with Crippen LogP contribution < -0.4 is 10.6 Å². The van der Waals surface area contributed by atoms with Crippen molar-refractivity contribution in [1.29, 1.82) is 0 Å². The fourth-order valence-electron chi connectivity index (χ4n) is 1.73. The van der Waals surface area contributed by atoms with Crippen LogP contribution in [0.5, 0.6) is 0 Å². The van der Waals surface area contributed by atoms with Crippen molar-refractivity contribution in [3.05, 3.63) is 45.6 Å². The number of ether oxygens (including phenoxy) is 1. The second kappa shape index (κ2) is 8.06. The van der Waals surface area contributed by atoms with E-state index in [-0.39, 0.29) is 30.6 Å². The molecule has 0 unspecified atom stereocenters. The van der Waals surface area contributed by atoms with E-state index in [1.54, 1.807) is 31.2 Å². The minimum absolute atomic E-state index is 0.0838. The van der Waals surface area contributed by atoms with E-state index in [0.717, 1.165) is 6.20 Å². The van der Waals surface area contributed by atoms with Gasteiger partial charge in [-0.05, 0) is 31.2 Å². The van der Waals surface area contributed by atoms with Gasteiger partial charge in [0.25, 0.3) is 0 Å². The minimum atomic E-state index is -0.639. The first-order chi connectivity index (χ1) is 11.5. The van der Waals surface area contributed by atoms with Gasteiger partial charge in [0.05, 0.1) is 11.5 Å². The Balaban J connectivity index is 2.18. The van der Waals surface area contributed by atoms with Crippen LogP contribution in [0.3, 0.4) is 0 Å². The molecule has 24 heavy (non-hydrogen) atoms. The maximum absolute atomic E-state index is 11.4. The summed E-state index contributed by atoms with van der Waals surface area (Å²) in [4.78, 5) is 29.7. The molecule has 0 saturated carbocycles. The minimum Gasteiger partial charge on any atom is -0.465 e. The van der Waals surface area contributed by atoms with Crippen LogP contribution in [0.4, 0.5) is 23.1 Å². The molecule has 2 rings (SSSR count). The molecular weight excluding hydrogens is 338 g/mol. The van der Waals surface area contributed by atoms with E-state index in [1.165, 1.54) is 0 Å². The normalized spacial score (nSPS) is 10.1. The molecule has 0 aliphatic rings. The van der Waals surface area contributed by atoms with Crippen molar-refractivity contribution >= 4 is 40.7 Å². The number of carbonyl (C=O) groups excluding carboxylic acids is 1. The summed E-state index contributed by atoms with van der Waals surface area (Å²) in [5, 5.41) is 17.1. The van der Waals surface area contributed by atoms with Crippen LogP contribution in [0.1, 0.15) is 6.92 Å². The standard InChI is InChI=1S/C14H14ClN5O4/c1-2-24-12(21)8-16-13-11(20(22)23)7-17-14(19-13)18-10-5-3-9(15)4-6-10/h3-7H,2,8H2,1H3,(H2,16,17,18,19). The smallest absolute Gasteiger partial charge is 0.329 e. The molecule has 0 atom stereocenters. The average Bonchev–Trinajstić information content (AvgIpc) is 2.55. The van der Waals surface area contributed by atoms with E-state index in [1.807, 2.05) is 0 Å². The largest absolute Gasteiger partial charge is 0.465 e. The summed E-state index contributed by atoms with van der Waals surface area (Å²) in [6, 6.07) is 6.77. The Hall–Kier alpha value is -2.94. The Morgan fingerprint density at radius 2 is 2.08 bits per heavy atom. The molecule has 2 N–H and O–H groups in total. The van der Waals surface area contributed by atoms with Gasteiger partial charge >= 0.3 is 11.7 Å². The fraction of sp³-hybridized carbons (Fsp3) is 0.214. The van der Waals surface area contributed by atoms with Crippen molar-refractivity contribution in [2.75, 3.05) is 23.8 Å². The Bertz CT molecular complexity index is 738. The highest BCUT2D eigenvalue weighted by Gasteiger charge is 2.18.